The Kier molecular flexibility index (Phi) is 4.32. The molecule has 5 nitrogen and oxygen atoms in total. The van der Waals surface area contributed by atoms with Gasteiger partial charge in [0.05, 0.1) is 19.2 Å². The first-order valence-electron chi connectivity index (χ1n) is 5.89. The van der Waals surface area contributed by atoms with Gasteiger partial charge in [0.1, 0.15) is 11.9 Å². The van der Waals surface area contributed by atoms with Crippen molar-refractivity contribution in [3.8, 4) is 11.5 Å². The summed E-state index contributed by atoms with van der Waals surface area (Å²) in [6, 6.07) is 6.74. The van der Waals surface area contributed by atoms with E-state index in [1.165, 1.54) is 14.2 Å². The molecule has 0 bridgehead atoms. The summed E-state index contributed by atoms with van der Waals surface area (Å²) >= 11 is 6.26. The zero-order valence-electron chi connectivity index (χ0n) is 11.1. The third kappa shape index (κ3) is 2.50. The van der Waals surface area contributed by atoms with Crippen LogP contribution in [0.1, 0.15) is 17.2 Å². The molecule has 0 saturated heterocycles. The van der Waals surface area contributed by atoms with E-state index in [0.29, 0.717) is 22.6 Å². The van der Waals surface area contributed by atoms with E-state index in [4.69, 9.17) is 26.8 Å². The first kappa shape index (κ1) is 14.4. The van der Waals surface area contributed by atoms with Gasteiger partial charge < -0.3 is 20.3 Å². The second kappa shape index (κ2) is 5.98. The Bertz CT molecular complexity index is 619. The van der Waals surface area contributed by atoms with Gasteiger partial charge in [-0.05, 0) is 12.1 Å². The van der Waals surface area contributed by atoms with Crippen LogP contribution in [0.5, 0.6) is 11.5 Å². The van der Waals surface area contributed by atoms with Gasteiger partial charge in [-0.2, -0.15) is 0 Å². The largest absolute Gasteiger partial charge is 0.493 e. The molecule has 0 saturated carbocycles. The lowest BCUT2D eigenvalue weighted by molar-refractivity contribution is 0.220. The number of methoxy groups -OCH3 is 2. The lowest BCUT2D eigenvalue weighted by atomic mass is 10.0. The fraction of sp³-hybridized carbons (Fsp3) is 0.214. The van der Waals surface area contributed by atoms with Crippen molar-refractivity contribution in [1.29, 1.82) is 0 Å². The minimum Gasteiger partial charge on any atom is -0.493 e. The Balaban J connectivity index is 2.51. The van der Waals surface area contributed by atoms with Gasteiger partial charge in [0.2, 0.25) is 0 Å². The lowest BCUT2D eigenvalue weighted by Gasteiger charge is -2.17. The summed E-state index contributed by atoms with van der Waals surface area (Å²) in [5, 5.41) is 10.7. The summed E-state index contributed by atoms with van der Waals surface area (Å²) in [5.41, 5.74) is 6.73. The van der Waals surface area contributed by atoms with E-state index < -0.39 is 6.10 Å². The van der Waals surface area contributed by atoms with Crippen molar-refractivity contribution in [2.75, 3.05) is 20.0 Å². The second-order valence-corrected chi connectivity index (χ2v) is 4.46. The van der Waals surface area contributed by atoms with Crippen molar-refractivity contribution >= 4 is 17.4 Å². The van der Waals surface area contributed by atoms with Crippen LogP contribution in [0, 0.1) is 0 Å². The molecule has 0 aliphatic heterocycles. The fourth-order valence-corrected chi connectivity index (χ4v) is 2.28. The number of nitrogens with two attached hydrogens (primary N) is 1. The van der Waals surface area contributed by atoms with Crippen molar-refractivity contribution in [3.63, 3.8) is 0 Å². The SMILES string of the molecule is COc1ccc(C(O)c2cccnc2N)c(Cl)c1OC. The van der Waals surface area contributed by atoms with E-state index in [2.05, 4.69) is 4.98 Å². The quantitative estimate of drug-likeness (QED) is 0.905. The predicted octanol–water partition coefficient (Wildman–Crippen LogP) is 2.42. The van der Waals surface area contributed by atoms with Gasteiger partial charge in [0.15, 0.2) is 11.5 Å². The first-order chi connectivity index (χ1) is 9.60. The molecule has 0 amide bonds. The third-order valence-corrected chi connectivity index (χ3v) is 3.37. The number of rotatable bonds is 4. The average molecular weight is 295 g/mol. The molecule has 0 aliphatic rings. The Morgan fingerprint density at radius 3 is 2.55 bits per heavy atom. The number of anilines is 1. The average Bonchev–Trinajstić information content (AvgIpc) is 2.46. The van der Waals surface area contributed by atoms with Crippen LogP contribution in [0.4, 0.5) is 5.82 Å². The highest BCUT2D eigenvalue weighted by Crippen LogP contribution is 2.41. The van der Waals surface area contributed by atoms with Gasteiger partial charge >= 0.3 is 0 Å². The molecule has 3 N–H and O–H groups in total. The molecular weight excluding hydrogens is 280 g/mol. The lowest BCUT2D eigenvalue weighted by Crippen LogP contribution is -2.06. The Morgan fingerprint density at radius 1 is 1.20 bits per heavy atom. The molecular formula is C14H15ClN2O3. The number of aromatic nitrogens is 1. The number of halogens is 1. The zero-order chi connectivity index (χ0) is 14.7. The smallest absolute Gasteiger partial charge is 0.179 e. The van der Waals surface area contributed by atoms with Gasteiger partial charge in [-0.15, -0.1) is 0 Å². The summed E-state index contributed by atoms with van der Waals surface area (Å²) in [5.74, 6) is 1.12. The van der Waals surface area contributed by atoms with Crippen molar-refractivity contribution in [2.45, 2.75) is 6.10 Å². The van der Waals surface area contributed by atoms with E-state index in [-0.39, 0.29) is 10.8 Å². The van der Waals surface area contributed by atoms with Crippen LogP contribution < -0.4 is 15.2 Å². The van der Waals surface area contributed by atoms with Crippen LogP contribution >= 0.6 is 11.6 Å². The van der Waals surface area contributed by atoms with E-state index in [0.717, 1.165) is 0 Å². The number of ether oxygens (including phenoxy) is 2. The highest BCUT2D eigenvalue weighted by atomic mass is 35.5. The van der Waals surface area contributed by atoms with E-state index in [9.17, 15) is 5.11 Å². The van der Waals surface area contributed by atoms with Gasteiger partial charge in [0.25, 0.3) is 0 Å². The number of nitrogen functional groups attached to an aromatic ring is 1. The van der Waals surface area contributed by atoms with Crippen molar-refractivity contribution in [3.05, 3.63) is 46.6 Å². The maximum absolute atomic E-state index is 10.4. The highest BCUT2D eigenvalue weighted by Gasteiger charge is 2.21. The molecule has 1 heterocycles. The van der Waals surface area contributed by atoms with Crippen LogP contribution in [0.2, 0.25) is 5.02 Å². The second-order valence-electron chi connectivity index (χ2n) is 4.08. The van der Waals surface area contributed by atoms with E-state index in [1.807, 2.05) is 0 Å². The zero-order valence-corrected chi connectivity index (χ0v) is 11.9. The maximum atomic E-state index is 10.4. The van der Waals surface area contributed by atoms with Crippen LogP contribution in [0.25, 0.3) is 0 Å². The van der Waals surface area contributed by atoms with Crippen LogP contribution in [-0.4, -0.2) is 24.3 Å². The molecule has 2 rings (SSSR count). The number of aliphatic hydroxyl groups excluding tert-OH is 1. The van der Waals surface area contributed by atoms with Gasteiger partial charge in [-0.25, -0.2) is 4.98 Å². The highest BCUT2D eigenvalue weighted by molar-refractivity contribution is 6.33. The molecule has 1 atom stereocenters. The topological polar surface area (TPSA) is 77.6 Å². The van der Waals surface area contributed by atoms with Crippen molar-refractivity contribution in [1.82, 2.24) is 4.98 Å². The molecule has 2 aromatic rings. The Morgan fingerprint density at radius 2 is 1.95 bits per heavy atom. The van der Waals surface area contributed by atoms with Crippen LogP contribution in [0.15, 0.2) is 30.5 Å². The molecule has 106 valence electrons. The van der Waals surface area contributed by atoms with Gasteiger partial charge in [0, 0.05) is 17.3 Å². The monoisotopic (exact) mass is 294 g/mol. The van der Waals surface area contributed by atoms with Crippen molar-refractivity contribution in [2.24, 2.45) is 0 Å². The molecule has 1 aromatic heterocycles. The number of pyridine rings is 1. The minimum absolute atomic E-state index is 0.255. The first-order valence-corrected chi connectivity index (χ1v) is 6.26. The molecule has 1 aromatic carbocycles. The van der Waals surface area contributed by atoms with Crippen LogP contribution in [0.3, 0.4) is 0 Å². The number of benzene rings is 1. The molecule has 6 heteroatoms. The predicted molar refractivity (Wildman–Crippen MR) is 77.3 cm³/mol. The summed E-state index contributed by atoms with van der Waals surface area (Å²) in [6.45, 7) is 0. The molecule has 0 fully saturated rings. The van der Waals surface area contributed by atoms with Crippen molar-refractivity contribution < 1.29 is 14.6 Å². The summed E-state index contributed by atoms with van der Waals surface area (Å²) < 4.78 is 10.4. The molecule has 0 spiro atoms. The van der Waals surface area contributed by atoms with Crippen LogP contribution in [-0.2, 0) is 0 Å². The molecule has 20 heavy (non-hydrogen) atoms. The summed E-state index contributed by atoms with van der Waals surface area (Å²) in [6.07, 6.45) is 0.567. The third-order valence-electron chi connectivity index (χ3n) is 2.98. The number of aliphatic hydroxyl groups is 1. The molecule has 0 aliphatic carbocycles. The number of hydrogen-bond donors (Lipinski definition) is 2. The summed E-state index contributed by atoms with van der Waals surface area (Å²) in [7, 11) is 3.00. The number of hydrogen-bond acceptors (Lipinski definition) is 5. The fourth-order valence-electron chi connectivity index (χ4n) is 1.94. The Hall–Kier alpha value is -1.98. The van der Waals surface area contributed by atoms with Gasteiger partial charge in [-0.1, -0.05) is 23.7 Å². The maximum Gasteiger partial charge on any atom is 0.179 e. The standard InChI is InChI=1S/C14H15ClN2O3/c1-19-10-6-5-8(11(15)13(10)20-2)12(18)9-4-3-7-17-14(9)16/h3-7,12,18H,1-2H3,(H2,16,17). The minimum atomic E-state index is -0.990. The number of nitrogens with zero attached hydrogens (tertiary/aromatic N) is 1. The van der Waals surface area contributed by atoms with Gasteiger partial charge in [-0.3, -0.25) is 0 Å². The molecule has 1 unspecified atom stereocenters. The van der Waals surface area contributed by atoms with E-state index >= 15 is 0 Å². The molecule has 0 radical (unpaired) electrons. The summed E-state index contributed by atoms with van der Waals surface area (Å²) in [4.78, 5) is 3.95. The normalized spacial score (nSPS) is 12.0. The van der Waals surface area contributed by atoms with E-state index in [1.54, 1.807) is 30.5 Å². The Labute approximate surface area is 121 Å².